The molecule has 1 saturated heterocycles. The molecule has 0 aliphatic carbocycles. The first-order valence-corrected chi connectivity index (χ1v) is 9.40. The van der Waals surface area contributed by atoms with Crippen LogP contribution in [-0.4, -0.2) is 27.5 Å². The summed E-state index contributed by atoms with van der Waals surface area (Å²) >= 11 is 0. The maximum absolute atomic E-state index is 12.5. The Kier molecular flexibility index (Phi) is 4.84. The van der Waals surface area contributed by atoms with E-state index in [1.165, 1.54) is 12.1 Å². The van der Waals surface area contributed by atoms with Crippen LogP contribution < -0.4 is 9.62 Å². The van der Waals surface area contributed by atoms with Gasteiger partial charge >= 0.3 is 0 Å². The summed E-state index contributed by atoms with van der Waals surface area (Å²) in [6.07, 6.45) is 1.98. The number of sulfonamides is 1. The highest BCUT2D eigenvalue weighted by atomic mass is 32.2. The van der Waals surface area contributed by atoms with Crippen LogP contribution in [0.3, 0.4) is 0 Å². The normalized spacial score (nSPS) is 17.6. The Morgan fingerprint density at radius 2 is 1.83 bits per heavy atom. The van der Waals surface area contributed by atoms with Gasteiger partial charge in [-0.1, -0.05) is 30.3 Å². The molecule has 1 fully saturated rings. The summed E-state index contributed by atoms with van der Waals surface area (Å²) in [5.41, 5.74) is 1.27. The van der Waals surface area contributed by atoms with Crippen molar-refractivity contribution >= 4 is 15.7 Å². The predicted molar refractivity (Wildman–Crippen MR) is 93.2 cm³/mol. The maximum atomic E-state index is 12.5. The predicted octanol–water partition coefficient (Wildman–Crippen LogP) is 2.51. The summed E-state index contributed by atoms with van der Waals surface area (Å²) in [5, 5.41) is 9.10. The van der Waals surface area contributed by atoms with Crippen LogP contribution in [0, 0.1) is 11.3 Å². The average molecular weight is 341 g/mol. The third-order valence-electron chi connectivity index (χ3n) is 4.27. The van der Waals surface area contributed by atoms with E-state index < -0.39 is 10.0 Å². The molecule has 1 atom stereocenters. The lowest BCUT2D eigenvalue weighted by atomic mass is 10.2. The second kappa shape index (κ2) is 7.04. The summed E-state index contributed by atoms with van der Waals surface area (Å²) in [7, 11) is -3.70. The van der Waals surface area contributed by atoms with Gasteiger partial charge in [-0.15, -0.1) is 0 Å². The van der Waals surface area contributed by atoms with E-state index in [-0.39, 0.29) is 16.5 Å². The quantitative estimate of drug-likeness (QED) is 0.907. The van der Waals surface area contributed by atoms with Crippen molar-refractivity contribution < 1.29 is 8.42 Å². The van der Waals surface area contributed by atoms with E-state index in [1.54, 1.807) is 12.1 Å². The van der Waals surface area contributed by atoms with E-state index in [1.807, 2.05) is 36.4 Å². The average Bonchev–Trinajstić information content (AvgIpc) is 3.09. The molecule has 0 radical (unpaired) electrons. The highest BCUT2D eigenvalue weighted by molar-refractivity contribution is 7.89. The summed E-state index contributed by atoms with van der Waals surface area (Å²) < 4.78 is 27.7. The lowest BCUT2D eigenvalue weighted by Gasteiger charge is -2.27. The molecule has 0 amide bonds. The Balaban J connectivity index is 1.74. The molecule has 2 aromatic rings. The van der Waals surface area contributed by atoms with Crippen LogP contribution in [0.4, 0.5) is 5.69 Å². The number of para-hydroxylation sites is 1. The minimum absolute atomic E-state index is 0.0387. The number of hydrogen-bond acceptors (Lipinski definition) is 4. The van der Waals surface area contributed by atoms with Crippen LogP contribution in [0.25, 0.3) is 0 Å². The van der Waals surface area contributed by atoms with E-state index in [0.717, 1.165) is 25.1 Å². The standard InChI is InChI=1S/C18H19N3O2S/c19-13-15-7-4-5-11-18(15)24(22,23)20-14-17-10-6-12-21(17)16-8-2-1-3-9-16/h1-5,7-9,11,17,20H,6,10,12,14H2. The van der Waals surface area contributed by atoms with Crippen molar-refractivity contribution in [3.63, 3.8) is 0 Å². The summed E-state index contributed by atoms with van der Waals surface area (Å²) in [5.74, 6) is 0. The van der Waals surface area contributed by atoms with Gasteiger partial charge in [-0.2, -0.15) is 5.26 Å². The van der Waals surface area contributed by atoms with Crippen molar-refractivity contribution in [1.82, 2.24) is 4.72 Å². The zero-order valence-corrected chi connectivity index (χ0v) is 14.0. The highest BCUT2D eigenvalue weighted by Gasteiger charge is 2.27. The molecule has 1 aliphatic heterocycles. The number of benzene rings is 2. The van der Waals surface area contributed by atoms with Crippen LogP contribution in [0.15, 0.2) is 59.5 Å². The number of rotatable bonds is 5. The van der Waals surface area contributed by atoms with Gasteiger partial charge in [-0.05, 0) is 37.1 Å². The Morgan fingerprint density at radius 1 is 1.12 bits per heavy atom. The van der Waals surface area contributed by atoms with Crippen molar-refractivity contribution in [2.75, 3.05) is 18.0 Å². The molecular formula is C18H19N3O2S. The zero-order chi connectivity index (χ0) is 17.0. The van der Waals surface area contributed by atoms with E-state index >= 15 is 0 Å². The van der Waals surface area contributed by atoms with Gasteiger partial charge in [-0.3, -0.25) is 0 Å². The third-order valence-corrected chi connectivity index (χ3v) is 5.75. The van der Waals surface area contributed by atoms with Gasteiger partial charge in [0.25, 0.3) is 0 Å². The Hall–Kier alpha value is -2.36. The molecule has 6 heteroatoms. The van der Waals surface area contributed by atoms with Crippen molar-refractivity contribution in [2.24, 2.45) is 0 Å². The lowest BCUT2D eigenvalue weighted by molar-refractivity contribution is 0.567. The molecule has 3 rings (SSSR count). The molecule has 0 bridgehead atoms. The molecule has 2 aromatic carbocycles. The van der Waals surface area contributed by atoms with Gasteiger partial charge in [0.2, 0.25) is 10.0 Å². The molecule has 0 saturated carbocycles. The van der Waals surface area contributed by atoms with Crippen LogP contribution in [-0.2, 0) is 10.0 Å². The minimum atomic E-state index is -3.70. The van der Waals surface area contributed by atoms with Crippen LogP contribution in [0.2, 0.25) is 0 Å². The van der Waals surface area contributed by atoms with Crippen molar-refractivity contribution in [3.05, 3.63) is 60.2 Å². The van der Waals surface area contributed by atoms with Gasteiger partial charge < -0.3 is 4.90 Å². The molecule has 24 heavy (non-hydrogen) atoms. The number of nitriles is 1. The van der Waals surface area contributed by atoms with E-state index in [4.69, 9.17) is 5.26 Å². The smallest absolute Gasteiger partial charge is 0.241 e. The molecule has 0 aromatic heterocycles. The fraction of sp³-hybridized carbons (Fsp3) is 0.278. The number of hydrogen-bond donors (Lipinski definition) is 1. The first-order chi connectivity index (χ1) is 11.6. The van der Waals surface area contributed by atoms with Gasteiger partial charge in [0.1, 0.15) is 6.07 Å². The maximum Gasteiger partial charge on any atom is 0.241 e. The second-order valence-corrected chi connectivity index (χ2v) is 7.52. The van der Waals surface area contributed by atoms with Crippen LogP contribution in [0.1, 0.15) is 18.4 Å². The summed E-state index contributed by atoms with van der Waals surface area (Å²) in [6, 6.07) is 18.3. The molecule has 124 valence electrons. The number of nitrogens with zero attached hydrogens (tertiary/aromatic N) is 2. The Bertz CT molecular complexity index is 844. The van der Waals surface area contributed by atoms with Crippen LogP contribution >= 0.6 is 0 Å². The highest BCUT2D eigenvalue weighted by Crippen LogP contribution is 2.25. The first kappa shape index (κ1) is 16.5. The van der Waals surface area contributed by atoms with E-state index in [0.29, 0.717) is 6.54 Å². The second-order valence-electron chi connectivity index (χ2n) is 5.78. The Labute approximate surface area is 142 Å². The topological polar surface area (TPSA) is 73.2 Å². The van der Waals surface area contributed by atoms with Crippen molar-refractivity contribution in [2.45, 2.75) is 23.8 Å². The van der Waals surface area contributed by atoms with E-state index in [2.05, 4.69) is 9.62 Å². The zero-order valence-electron chi connectivity index (χ0n) is 13.2. The molecule has 1 aliphatic rings. The monoisotopic (exact) mass is 341 g/mol. The minimum Gasteiger partial charge on any atom is -0.367 e. The van der Waals surface area contributed by atoms with Gasteiger partial charge in [0.15, 0.2) is 0 Å². The Morgan fingerprint density at radius 3 is 2.58 bits per heavy atom. The molecule has 1 unspecified atom stereocenters. The van der Waals surface area contributed by atoms with Crippen molar-refractivity contribution in [3.8, 4) is 6.07 Å². The lowest BCUT2D eigenvalue weighted by Crippen LogP contribution is -2.40. The molecule has 5 nitrogen and oxygen atoms in total. The van der Waals surface area contributed by atoms with Gasteiger partial charge in [-0.25, -0.2) is 13.1 Å². The molecule has 1 N–H and O–H groups in total. The molecule has 1 heterocycles. The first-order valence-electron chi connectivity index (χ1n) is 7.92. The fourth-order valence-corrected chi connectivity index (χ4v) is 4.31. The van der Waals surface area contributed by atoms with Crippen LogP contribution in [0.5, 0.6) is 0 Å². The van der Waals surface area contributed by atoms with Gasteiger partial charge in [0.05, 0.1) is 10.5 Å². The SMILES string of the molecule is N#Cc1ccccc1S(=O)(=O)NCC1CCCN1c1ccccc1. The van der Waals surface area contributed by atoms with E-state index in [9.17, 15) is 8.42 Å². The fourth-order valence-electron chi connectivity index (χ4n) is 3.08. The number of nitrogens with one attached hydrogen (secondary N) is 1. The van der Waals surface area contributed by atoms with Gasteiger partial charge in [0, 0.05) is 24.8 Å². The molecule has 0 spiro atoms. The summed E-state index contributed by atoms with van der Waals surface area (Å²) in [4.78, 5) is 2.27. The molecular weight excluding hydrogens is 322 g/mol. The van der Waals surface area contributed by atoms with Crippen molar-refractivity contribution in [1.29, 1.82) is 5.26 Å². The third kappa shape index (κ3) is 3.42. The largest absolute Gasteiger partial charge is 0.367 e. The number of anilines is 1. The summed E-state index contributed by atoms with van der Waals surface area (Å²) in [6.45, 7) is 1.25.